The number of carbonyl (C=O) groups is 6. The van der Waals surface area contributed by atoms with Gasteiger partial charge in [-0.15, -0.1) is 35.0 Å². The Kier molecular flexibility index (Phi) is 18.3. The normalized spacial score (nSPS) is 21.5. The summed E-state index contributed by atoms with van der Waals surface area (Å²) >= 11 is 0. The minimum atomic E-state index is -1.13. The maximum absolute atomic E-state index is 14.9. The molecule has 22 heteroatoms. The minimum absolute atomic E-state index is 0. The summed E-state index contributed by atoms with van der Waals surface area (Å²) in [5, 5.41) is 36.7. The summed E-state index contributed by atoms with van der Waals surface area (Å²) < 4.78 is 3.47. The maximum atomic E-state index is 14.9. The van der Waals surface area contributed by atoms with Crippen molar-refractivity contribution in [1.82, 2.24) is 71.7 Å². The van der Waals surface area contributed by atoms with Crippen molar-refractivity contribution in [2.75, 3.05) is 27.2 Å². The first-order valence-corrected chi connectivity index (χ1v) is 25.6. The molecule has 2 fully saturated rings. The van der Waals surface area contributed by atoms with Gasteiger partial charge in [-0.1, -0.05) is 59.0 Å². The third-order valence-electron chi connectivity index (χ3n) is 15.3. The standard InChI is InChI=1S/C51H68N14O6.2ClH/c1-30(52-3)46(66)56-40(50(70)62-24-11-22-42(62)48(68)54-36-20-9-16-32-14-5-7-18-34(32)36)28-38-44-45-39(59-61-65(45)27-13-26-64(44)60-58-38)29-41(57-47(67)31(2)53-4)51(71)63-25-12-23-43(63)49(69)55-37-21-10-17-33-15-6-8-19-35(33)37;;/h5-8,14-15,18-19,30-31,36-37,40-43,52-53H,9-13,16-17,20-29H2,1-4H3,(H,54,68)(H,55,69)(H,56,66)(H,57,67);2*1H/t30-,31-,36+,37?,40-,41-,42-,43-;;/m0../s1. The van der Waals surface area contributed by atoms with Crippen LogP contribution in [0.3, 0.4) is 0 Å². The quantitative estimate of drug-likeness (QED) is 0.0949. The maximum Gasteiger partial charge on any atom is 0.246 e. The van der Waals surface area contributed by atoms with Gasteiger partial charge in [0.25, 0.3) is 0 Å². The van der Waals surface area contributed by atoms with Crippen LogP contribution in [-0.2, 0) is 67.5 Å². The molecule has 6 N–H and O–H groups in total. The lowest BCUT2D eigenvalue weighted by Crippen LogP contribution is -2.56. The highest BCUT2D eigenvalue weighted by Gasteiger charge is 2.43. The Morgan fingerprint density at radius 2 is 0.973 bits per heavy atom. The van der Waals surface area contributed by atoms with E-state index in [0.717, 1.165) is 49.7 Å². The highest BCUT2D eigenvalue weighted by Crippen LogP contribution is 2.34. The van der Waals surface area contributed by atoms with Crippen LogP contribution >= 0.6 is 24.8 Å². The molecule has 0 saturated carbocycles. The first-order chi connectivity index (χ1) is 34.4. The van der Waals surface area contributed by atoms with Gasteiger partial charge in [0.05, 0.1) is 35.6 Å². The number of aryl methyl sites for hydroxylation is 4. The van der Waals surface area contributed by atoms with Gasteiger partial charge in [0, 0.05) is 39.0 Å². The molecule has 2 aliphatic carbocycles. The van der Waals surface area contributed by atoms with E-state index in [1.807, 2.05) is 24.3 Å². The number of hydrogen-bond donors (Lipinski definition) is 6. The van der Waals surface area contributed by atoms with Gasteiger partial charge in [-0.05, 0) is 121 Å². The number of hydrogen-bond acceptors (Lipinski definition) is 12. The molecule has 2 aromatic heterocycles. The molecule has 8 atom stereocenters. The van der Waals surface area contributed by atoms with Crippen molar-refractivity contribution >= 4 is 60.3 Å². The fourth-order valence-electron chi connectivity index (χ4n) is 11.2. The van der Waals surface area contributed by atoms with Crippen molar-refractivity contribution in [2.45, 2.75) is 159 Å². The second-order valence-corrected chi connectivity index (χ2v) is 19.8. The van der Waals surface area contributed by atoms with E-state index in [2.05, 4.69) is 76.8 Å². The van der Waals surface area contributed by atoms with Gasteiger partial charge >= 0.3 is 0 Å². The number of nitrogens with one attached hydrogen (secondary N) is 6. The van der Waals surface area contributed by atoms with E-state index < -0.39 is 59.9 Å². The smallest absolute Gasteiger partial charge is 0.246 e. The van der Waals surface area contributed by atoms with Crippen LogP contribution in [0.15, 0.2) is 48.5 Å². The number of amides is 6. The number of rotatable bonds is 16. The van der Waals surface area contributed by atoms with E-state index >= 15 is 0 Å². The van der Waals surface area contributed by atoms with Crippen molar-refractivity contribution in [1.29, 1.82) is 0 Å². The highest BCUT2D eigenvalue weighted by molar-refractivity contribution is 5.95. The Balaban J connectivity index is 0.00000390. The van der Waals surface area contributed by atoms with E-state index in [9.17, 15) is 28.8 Å². The summed E-state index contributed by atoms with van der Waals surface area (Å²) in [6.07, 6.45) is 8.09. The first kappa shape index (κ1) is 54.8. The average Bonchev–Trinajstić information content (AvgIpc) is 4.22. The third kappa shape index (κ3) is 11.7. The van der Waals surface area contributed by atoms with E-state index in [0.29, 0.717) is 81.1 Å². The van der Waals surface area contributed by atoms with E-state index in [-0.39, 0.29) is 61.6 Å². The Labute approximate surface area is 438 Å². The predicted molar refractivity (Wildman–Crippen MR) is 276 cm³/mol. The highest BCUT2D eigenvalue weighted by atomic mass is 35.5. The molecule has 6 amide bonds. The molecular formula is C51H70Cl2N14O6. The second kappa shape index (κ2) is 24.4. The van der Waals surface area contributed by atoms with Crippen molar-refractivity contribution in [2.24, 2.45) is 0 Å². The van der Waals surface area contributed by atoms with Gasteiger partial charge < -0.3 is 41.7 Å². The third-order valence-corrected chi connectivity index (χ3v) is 15.3. The summed E-state index contributed by atoms with van der Waals surface area (Å²) in [6.45, 7) is 5.00. The summed E-state index contributed by atoms with van der Waals surface area (Å²) in [5.41, 5.74) is 6.47. The van der Waals surface area contributed by atoms with Crippen LogP contribution in [0.1, 0.15) is 117 Å². The lowest BCUT2D eigenvalue weighted by molar-refractivity contribution is -0.141. The molecule has 0 spiro atoms. The van der Waals surface area contributed by atoms with Crippen LogP contribution in [0.5, 0.6) is 0 Å². The van der Waals surface area contributed by atoms with E-state index in [1.165, 1.54) is 11.1 Å². The monoisotopic (exact) mass is 1040 g/mol. The number of fused-ring (bicyclic) bond motifs is 5. The molecule has 9 rings (SSSR count). The van der Waals surface area contributed by atoms with Crippen molar-refractivity contribution in [3.63, 3.8) is 0 Å². The largest absolute Gasteiger partial charge is 0.347 e. The van der Waals surface area contributed by atoms with Crippen LogP contribution in [0.2, 0.25) is 0 Å². The Hall–Kier alpha value is -5.96. The first-order valence-electron chi connectivity index (χ1n) is 25.6. The number of aromatic nitrogens is 6. The van der Waals surface area contributed by atoms with E-state index in [4.69, 9.17) is 0 Å². The van der Waals surface area contributed by atoms with Crippen LogP contribution < -0.4 is 31.9 Å². The van der Waals surface area contributed by atoms with Gasteiger partial charge in [-0.25, -0.2) is 9.36 Å². The molecule has 1 unspecified atom stereocenters. The van der Waals surface area contributed by atoms with Crippen molar-refractivity contribution in [3.05, 3.63) is 82.2 Å². The fraction of sp³-hybridized carbons (Fsp3) is 0.569. The van der Waals surface area contributed by atoms with Gasteiger partial charge in [-0.2, -0.15) is 0 Å². The van der Waals surface area contributed by atoms with Gasteiger partial charge in [-0.3, -0.25) is 28.8 Å². The molecule has 4 aromatic rings. The Morgan fingerprint density at radius 3 is 1.38 bits per heavy atom. The second-order valence-electron chi connectivity index (χ2n) is 19.8. The van der Waals surface area contributed by atoms with Crippen LogP contribution in [0, 0.1) is 0 Å². The lowest BCUT2D eigenvalue weighted by atomic mass is 9.87. The molecule has 0 radical (unpaired) electrons. The van der Waals surface area contributed by atoms with Crippen LogP contribution in [-0.4, -0.2) is 139 Å². The number of carbonyl (C=O) groups excluding carboxylic acids is 6. The van der Waals surface area contributed by atoms with E-state index in [1.54, 1.807) is 47.1 Å². The molecule has 20 nitrogen and oxygen atoms in total. The van der Waals surface area contributed by atoms with Crippen LogP contribution in [0.25, 0.3) is 11.4 Å². The molecule has 5 heterocycles. The number of likely N-dealkylation sites (tertiary alicyclic amines) is 2. The summed E-state index contributed by atoms with van der Waals surface area (Å²) in [6, 6.07) is 11.0. The zero-order valence-electron chi connectivity index (χ0n) is 42.1. The molecule has 0 bridgehead atoms. The van der Waals surface area contributed by atoms with Crippen molar-refractivity contribution < 1.29 is 28.8 Å². The van der Waals surface area contributed by atoms with Gasteiger partial charge in [0.15, 0.2) is 0 Å². The Morgan fingerprint density at radius 1 is 0.562 bits per heavy atom. The number of benzene rings is 2. The number of nitrogens with zero attached hydrogens (tertiary/aromatic N) is 8. The molecule has 73 heavy (non-hydrogen) atoms. The summed E-state index contributed by atoms with van der Waals surface area (Å²) in [7, 11) is 3.32. The molecule has 2 aromatic carbocycles. The van der Waals surface area contributed by atoms with Gasteiger partial charge in [0.1, 0.15) is 35.6 Å². The molecule has 3 aliphatic heterocycles. The number of likely N-dealkylation sites (N-methyl/N-ethyl adjacent to an activating group) is 2. The summed E-state index contributed by atoms with van der Waals surface area (Å²) in [4.78, 5) is 88.5. The fourth-order valence-corrected chi connectivity index (χ4v) is 11.2. The van der Waals surface area contributed by atoms with Gasteiger partial charge in [0.2, 0.25) is 35.4 Å². The SMILES string of the molecule is CN[C@@H](C)C(=O)N[C@@H](Cc1nnn2c1-c1c(C[C@H](NC(=O)[C@H](C)NC)C(=O)N3CCC[C@H]3C(=O)N[C@@H]3CCCc4ccccc43)nnn1CCC2)C(=O)N1CCC[C@H]1C(=O)NC1CCCc2ccccc21.Cl.Cl. The topological polar surface area (TPSA) is 242 Å². The predicted octanol–water partition coefficient (Wildman–Crippen LogP) is 2.42. The minimum Gasteiger partial charge on any atom is -0.347 e. The number of halogens is 2. The Bertz CT molecular complexity index is 2470. The lowest BCUT2D eigenvalue weighted by Gasteiger charge is -2.32. The average molecular weight is 1050 g/mol. The molecule has 5 aliphatic rings. The summed E-state index contributed by atoms with van der Waals surface area (Å²) in [5.74, 6) is -2.06. The van der Waals surface area contributed by atoms with Crippen molar-refractivity contribution in [3.8, 4) is 11.4 Å². The molecule has 394 valence electrons. The molecular weight excluding hydrogens is 976 g/mol. The zero-order valence-corrected chi connectivity index (χ0v) is 43.7. The molecule has 2 saturated heterocycles. The zero-order chi connectivity index (χ0) is 49.8. The van der Waals surface area contributed by atoms with Crippen LogP contribution in [0.4, 0.5) is 0 Å².